The van der Waals surface area contributed by atoms with Crippen LogP contribution in [0.25, 0.3) is 0 Å². The van der Waals surface area contributed by atoms with E-state index in [4.69, 9.17) is 23.2 Å². The van der Waals surface area contributed by atoms with Gasteiger partial charge in [-0.1, -0.05) is 41.4 Å². The molecule has 3 aromatic heterocycles. The highest BCUT2D eigenvalue weighted by atomic mass is 35.5. The number of pyridine rings is 2. The molecule has 0 spiro atoms. The molecule has 0 radical (unpaired) electrons. The predicted octanol–water partition coefficient (Wildman–Crippen LogP) is 5.49. The van der Waals surface area contributed by atoms with E-state index in [1.807, 2.05) is 6.07 Å². The number of nitrogens with one attached hydrogen (secondary N) is 3. The van der Waals surface area contributed by atoms with Gasteiger partial charge in [0.05, 0.1) is 40.3 Å². The summed E-state index contributed by atoms with van der Waals surface area (Å²) in [5.41, 5.74) is 0.348. The van der Waals surface area contributed by atoms with Crippen LogP contribution in [0.2, 0.25) is 10.0 Å². The molecule has 2 saturated carbocycles. The number of carbonyl (C=O) groups is 4. The first-order valence-electron chi connectivity index (χ1n) is 17.6. The molecule has 4 amide bonds. The number of aromatic nitrogens is 4. The molecule has 2 fully saturated rings. The summed E-state index contributed by atoms with van der Waals surface area (Å²) in [5, 5.41) is 18.9. The van der Waals surface area contributed by atoms with E-state index < -0.39 is 22.5 Å². The number of amides is 4. The van der Waals surface area contributed by atoms with Crippen LogP contribution < -0.4 is 20.9 Å². The van der Waals surface area contributed by atoms with Gasteiger partial charge in [0.1, 0.15) is 16.8 Å². The zero-order valence-corrected chi connectivity index (χ0v) is 31.0. The minimum Gasteiger partial charge on any atom is -0.348 e. The number of nitrogens with zero attached hydrogens (tertiary/aromatic N) is 6. The number of hydrogen-bond donors (Lipinski definition) is 3. The Labute approximate surface area is 325 Å². The lowest BCUT2D eigenvalue weighted by Gasteiger charge is -2.27. The second-order valence-electron chi connectivity index (χ2n) is 14.4. The number of anilines is 2. The molecule has 8 rings (SSSR count). The second kappa shape index (κ2) is 13.6. The number of carbonyl (C=O) groups excluding carboxylic acids is 4. The van der Waals surface area contributed by atoms with E-state index in [1.54, 1.807) is 84.5 Å². The second-order valence-corrected chi connectivity index (χ2v) is 15.2. The lowest BCUT2D eigenvalue weighted by atomic mass is 9.91. The van der Waals surface area contributed by atoms with Crippen molar-refractivity contribution in [2.45, 2.75) is 62.2 Å². The highest BCUT2D eigenvalue weighted by Gasteiger charge is 2.57. The Kier molecular flexibility index (Phi) is 8.90. The van der Waals surface area contributed by atoms with Crippen LogP contribution in [0.1, 0.15) is 75.8 Å². The molecule has 5 aromatic rings. The number of fused-ring (bicyclic) bond motifs is 1. The van der Waals surface area contributed by atoms with Gasteiger partial charge in [-0.2, -0.15) is 5.26 Å². The number of imidazole rings is 1. The molecule has 1 atom stereocenters. The number of hydrogen-bond acceptors (Lipinski definition) is 8. The van der Waals surface area contributed by atoms with E-state index in [0.717, 1.165) is 11.1 Å². The van der Waals surface area contributed by atoms with Crippen molar-refractivity contribution in [3.8, 4) is 6.07 Å². The average molecular weight is 775 g/mol. The van der Waals surface area contributed by atoms with E-state index in [1.165, 1.54) is 17.3 Å². The monoisotopic (exact) mass is 773 g/mol. The molecule has 4 heterocycles. The number of rotatable bonds is 11. The molecule has 3 aliphatic rings. The van der Waals surface area contributed by atoms with Gasteiger partial charge < -0.3 is 16.0 Å². The van der Waals surface area contributed by atoms with Crippen molar-refractivity contribution in [2.75, 3.05) is 4.90 Å². The van der Waals surface area contributed by atoms with Crippen LogP contribution in [-0.2, 0) is 33.6 Å². The van der Waals surface area contributed by atoms with Crippen molar-refractivity contribution in [1.82, 2.24) is 35.5 Å². The SMILES string of the molecule is C[C@@]1(Cc2ccc(C#N)cc2)C(=O)N(c2cc(Cl)cc(Cl)c2)c2ncc(C(=O)NC3(C(=O)NC4(c5ccc(C(=O)NCc6cccnc6)cn5)CC4)CC3)n21. The molecule has 13 nitrogen and oxygen atoms in total. The Balaban J connectivity index is 1.01. The maximum absolute atomic E-state index is 14.4. The first kappa shape index (κ1) is 35.9. The summed E-state index contributed by atoms with van der Waals surface area (Å²) < 4.78 is 1.59. The minimum atomic E-state index is -1.34. The standard InChI is InChI=1S/C40H33Cl2N9O4/c1-38(18-24-4-6-25(19-43)7-5-24)36(55)50(30-16-28(41)15-29(42)17-30)37-47-23-31(51(37)38)34(53)48-40(12-13-40)35(54)49-39(10-11-39)32-9-8-27(22-45-32)33(52)46-21-26-3-2-14-44-20-26/h2-9,14-17,20,22-23H,10-13,18,21H2,1H3,(H,46,52)(H,48,53)(H,49,54)/t38-/m1/s1. The maximum atomic E-state index is 14.4. The Hall–Kier alpha value is -6.10. The van der Waals surface area contributed by atoms with Gasteiger partial charge in [-0.3, -0.25) is 33.7 Å². The van der Waals surface area contributed by atoms with Crippen molar-refractivity contribution in [2.24, 2.45) is 0 Å². The van der Waals surface area contributed by atoms with Gasteiger partial charge in [-0.05, 0) is 92.3 Å². The van der Waals surface area contributed by atoms with E-state index >= 15 is 0 Å². The van der Waals surface area contributed by atoms with Crippen molar-refractivity contribution in [1.29, 1.82) is 5.26 Å². The average Bonchev–Trinajstić information content (AvgIpc) is 4.09. The molecule has 2 aromatic carbocycles. The lowest BCUT2D eigenvalue weighted by Crippen LogP contribution is -2.52. The van der Waals surface area contributed by atoms with Crippen LogP contribution in [0.5, 0.6) is 0 Å². The van der Waals surface area contributed by atoms with E-state index in [0.29, 0.717) is 64.8 Å². The van der Waals surface area contributed by atoms with E-state index in [2.05, 4.69) is 37.0 Å². The van der Waals surface area contributed by atoms with Crippen LogP contribution in [-0.4, -0.2) is 48.7 Å². The third kappa shape index (κ3) is 6.68. The van der Waals surface area contributed by atoms with Crippen molar-refractivity contribution >= 4 is 58.5 Å². The van der Waals surface area contributed by atoms with Gasteiger partial charge in [0.15, 0.2) is 0 Å². The van der Waals surface area contributed by atoms with Crippen LogP contribution in [0, 0.1) is 11.3 Å². The molecule has 0 bridgehead atoms. The summed E-state index contributed by atoms with van der Waals surface area (Å²) in [6.45, 7) is 2.05. The van der Waals surface area contributed by atoms with Gasteiger partial charge in [0, 0.05) is 41.6 Å². The smallest absolute Gasteiger partial charge is 0.270 e. The molecule has 15 heteroatoms. The highest BCUT2D eigenvalue weighted by molar-refractivity contribution is 6.35. The number of nitriles is 1. The molecule has 1 aliphatic heterocycles. The fraction of sp³-hybridized carbons (Fsp3) is 0.250. The van der Waals surface area contributed by atoms with Gasteiger partial charge in [0.2, 0.25) is 11.9 Å². The van der Waals surface area contributed by atoms with Crippen LogP contribution in [0.3, 0.4) is 0 Å². The van der Waals surface area contributed by atoms with Crippen molar-refractivity contribution in [3.05, 3.63) is 135 Å². The molecular formula is C40H33Cl2N9O4. The molecule has 276 valence electrons. The van der Waals surface area contributed by atoms with E-state index in [9.17, 15) is 24.4 Å². The summed E-state index contributed by atoms with van der Waals surface area (Å²) in [6.07, 6.45) is 8.53. The molecule has 0 unspecified atom stereocenters. The molecule has 2 aliphatic carbocycles. The third-order valence-corrected chi connectivity index (χ3v) is 10.8. The van der Waals surface area contributed by atoms with Crippen LogP contribution in [0.4, 0.5) is 11.6 Å². The lowest BCUT2D eigenvalue weighted by molar-refractivity contribution is -0.125. The normalized spacial score (nSPS) is 18.5. The largest absolute Gasteiger partial charge is 0.348 e. The molecule has 3 N–H and O–H groups in total. The first-order valence-corrected chi connectivity index (χ1v) is 18.4. The van der Waals surface area contributed by atoms with Gasteiger partial charge >= 0.3 is 0 Å². The predicted molar refractivity (Wildman–Crippen MR) is 202 cm³/mol. The Morgan fingerprint density at radius 1 is 0.873 bits per heavy atom. The van der Waals surface area contributed by atoms with E-state index in [-0.39, 0.29) is 35.8 Å². The summed E-state index contributed by atoms with van der Waals surface area (Å²) in [7, 11) is 0. The number of halogens is 2. The van der Waals surface area contributed by atoms with Gasteiger partial charge in [-0.25, -0.2) is 9.88 Å². The Morgan fingerprint density at radius 2 is 1.62 bits per heavy atom. The summed E-state index contributed by atoms with van der Waals surface area (Å²) in [6, 6.07) is 20.8. The number of benzene rings is 2. The third-order valence-electron chi connectivity index (χ3n) is 10.4. The van der Waals surface area contributed by atoms with Crippen LogP contribution in [0.15, 0.2) is 91.5 Å². The first-order chi connectivity index (χ1) is 26.4. The molecule has 0 saturated heterocycles. The van der Waals surface area contributed by atoms with Crippen molar-refractivity contribution in [3.63, 3.8) is 0 Å². The zero-order valence-electron chi connectivity index (χ0n) is 29.5. The van der Waals surface area contributed by atoms with Gasteiger partial charge in [-0.15, -0.1) is 0 Å². The Bertz CT molecular complexity index is 2380. The fourth-order valence-corrected chi connectivity index (χ4v) is 7.56. The van der Waals surface area contributed by atoms with Crippen LogP contribution >= 0.6 is 23.2 Å². The highest BCUT2D eigenvalue weighted by Crippen LogP contribution is 2.47. The summed E-state index contributed by atoms with van der Waals surface area (Å²) in [4.78, 5) is 69.8. The zero-order chi connectivity index (χ0) is 38.5. The molecule has 55 heavy (non-hydrogen) atoms. The Morgan fingerprint density at radius 3 is 2.24 bits per heavy atom. The van der Waals surface area contributed by atoms with Gasteiger partial charge in [0.25, 0.3) is 17.7 Å². The molecular weight excluding hydrogens is 741 g/mol. The van der Waals surface area contributed by atoms with Crippen molar-refractivity contribution < 1.29 is 19.2 Å². The quantitative estimate of drug-likeness (QED) is 0.158. The minimum absolute atomic E-state index is 0.0920. The topological polar surface area (TPSA) is 175 Å². The summed E-state index contributed by atoms with van der Waals surface area (Å²) in [5.74, 6) is -1.37. The maximum Gasteiger partial charge on any atom is 0.270 e. The fourth-order valence-electron chi connectivity index (χ4n) is 7.04. The summed E-state index contributed by atoms with van der Waals surface area (Å²) >= 11 is 12.7.